The SMILES string of the molecule is CC(C)CCN(Cc1nc2ccc(Cl)cc2n1C)C(=O)c1ccccc1F. The summed E-state index contributed by atoms with van der Waals surface area (Å²) in [5.74, 6) is 0.341. The summed E-state index contributed by atoms with van der Waals surface area (Å²) in [5.41, 5.74) is 1.81. The molecule has 142 valence electrons. The molecule has 0 saturated heterocycles. The maximum atomic E-state index is 14.1. The number of rotatable bonds is 6. The van der Waals surface area contributed by atoms with E-state index < -0.39 is 5.82 Å². The van der Waals surface area contributed by atoms with E-state index in [1.165, 1.54) is 12.1 Å². The standard InChI is InChI=1S/C21H23ClFN3O/c1-14(2)10-11-26(21(27)16-6-4-5-7-17(16)23)13-20-24-18-9-8-15(22)12-19(18)25(20)3/h4-9,12,14H,10-11,13H2,1-3H3. The summed E-state index contributed by atoms with van der Waals surface area (Å²) in [6, 6.07) is 11.6. The number of amides is 1. The molecule has 3 rings (SSSR count). The van der Waals surface area contributed by atoms with Gasteiger partial charge in [-0.3, -0.25) is 4.79 Å². The molecule has 3 aromatic rings. The Kier molecular flexibility index (Phi) is 5.80. The van der Waals surface area contributed by atoms with Gasteiger partial charge in [-0.05, 0) is 42.7 Å². The lowest BCUT2D eigenvalue weighted by Gasteiger charge is -2.23. The second-order valence-corrected chi connectivity index (χ2v) is 7.55. The van der Waals surface area contributed by atoms with Crippen LogP contribution in [-0.4, -0.2) is 26.9 Å². The maximum Gasteiger partial charge on any atom is 0.257 e. The van der Waals surface area contributed by atoms with Crippen molar-refractivity contribution in [2.24, 2.45) is 13.0 Å². The number of halogens is 2. The van der Waals surface area contributed by atoms with Gasteiger partial charge in [-0.25, -0.2) is 9.37 Å². The number of hydrogen-bond donors (Lipinski definition) is 0. The zero-order chi connectivity index (χ0) is 19.6. The number of aryl methyl sites for hydroxylation is 1. The van der Waals surface area contributed by atoms with Crippen molar-refractivity contribution in [1.82, 2.24) is 14.5 Å². The third kappa shape index (κ3) is 4.30. The number of aromatic nitrogens is 2. The van der Waals surface area contributed by atoms with Crippen LogP contribution in [-0.2, 0) is 13.6 Å². The van der Waals surface area contributed by atoms with Crippen molar-refractivity contribution in [2.45, 2.75) is 26.8 Å². The Morgan fingerprint density at radius 1 is 1.26 bits per heavy atom. The summed E-state index contributed by atoms with van der Waals surface area (Å²) in [6.45, 7) is 5.04. The molecule has 0 aliphatic rings. The molecule has 0 aliphatic carbocycles. The third-order valence-electron chi connectivity index (χ3n) is 4.64. The lowest BCUT2D eigenvalue weighted by Crippen LogP contribution is -2.33. The first-order valence-corrected chi connectivity index (χ1v) is 9.39. The molecule has 27 heavy (non-hydrogen) atoms. The van der Waals surface area contributed by atoms with E-state index in [0.717, 1.165) is 23.3 Å². The van der Waals surface area contributed by atoms with Gasteiger partial charge in [0.05, 0.1) is 23.1 Å². The van der Waals surface area contributed by atoms with Gasteiger partial charge in [0.25, 0.3) is 5.91 Å². The Balaban J connectivity index is 1.93. The Bertz CT molecular complexity index is 967. The third-order valence-corrected chi connectivity index (χ3v) is 4.87. The zero-order valence-corrected chi connectivity index (χ0v) is 16.5. The van der Waals surface area contributed by atoms with Gasteiger partial charge in [0.15, 0.2) is 0 Å². The van der Waals surface area contributed by atoms with Crippen molar-refractivity contribution in [2.75, 3.05) is 6.54 Å². The number of nitrogens with zero attached hydrogens (tertiary/aromatic N) is 3. The molecule has 0 unspecified atom stereocenters. The van der Waals surface area contributed by atoms with Gasteiger partial charge in [-0.15, -0.1) is 0 Å². The lowest BCUT2D eigenvalue weighted by molar-refractivity contribution is 0.0725. The minimum atomic E-state index is -0.506. The van der Waals surface area contributed by atoms with E-state index in [9.17, 15) is 9.18 Å². The van der Waals surface area contributed by atoms with Crippen LogP contribution in [0, 0.1) is 11.7 Å². The van der Waals surface area contributed by atoms with Crippen LogP contribution in [0.5, 0.6) is 0 Å². The highest BCUT2D eigenvalue weighted by atomic mass is 35.5. The summed E-state index contributed by atoms with van der Waals surface area (Å²) in [6.07, 6.45) is 0.829. The van der Waals surface area contributed by atoms with E-state index in [4.69, 9.17) is 11.6 Å². The van der Waals surface area contributed by atoms with Crippen molar-refractivity contribution >= 4 is 28.5 Å². The fourth-order valence-electron chi connectivity index (χ4n) is 3.00. The van der Waals surface area contributed by atoms with Crippen LogP contribution in [0.1, 0.15) is 36.5 Å². The highest BCUT2D eigenvalue weighted by Crippen LogP contribution is 2.21. The first kappa shape index (κ1) is 19.4. The molecule has 0 N–H and O–H groups in total. The lowest BCUT2D eigenvalue weighted by atomic mass is 10.1. The van der Waals surface area contributed by atoms with Crippen LogP contribution in [0.2, 0.25) is 5.02 Å². The summed E-state index contributed by atoms with van der Waals surface area (Å²) in [4.78, 5) is 19.3. The van der Waals surface area contributed by atoms with Gasteiger partial charge in [0.1, 0.15) is 11.6 Å². The molecular weight excluding hydrogens is 365 g/mol. The Labute approximate surface area is 163 Å². The smallest absolute Gasteiger partial charge is 0.257 e. The predicted octanol–water partition coefficient (Wildman–Crippen LogP) is 5.05. The highest BCUT2D eigenvalue weighted by molar-refractivity contribution is 6.31. The Morgan fingerprint density at radius 2 is 2.00 bits per heavy atom. The molecule has 1 amide bonds. The number of hydrogen-bond acceptors (Lipinski definition) is 2. The van der Waals surface area contributed by atoms with Crippen molar-refractivity contribution in [1.29, 1.82) is 0 Å². The Morgan fingerprint density at radius 3 is 2.70 bits per heavy atom. The van der Waals surface area contributed by atoms with E-state index in [2.05, 4.69) is 18.8 Å². The van der Waals surface area contributed by atoms with Crippen molar-refractivity contribution in [3.63, 3.8) is 0 Å². The number of fused-ring (bicyclic) bond motifs is 1. The van der Waals surface area contributed by atoms with E-state index in [1.807, 2.05) is 23.7 Å². The van der Waals surface area contributed by atoms with Crippen LogP contribution in [0.4, 0.5) is 4.39 Å². The minimum Gasteiger partial charge on any atom is -0.331 e. The van der Waals surface area contributed by atoms with Gasteiger partial charge in [0.2, 0.25) is 0 Å². The molecule has 0 fully saturated rings. The first-order chi connectivity index (χ1) is 12.9. The summed E-state index contributed by atoms with van der Waals surface area (Å²) in [5, 5.41) is 0.635. The van der Waals surface area contributed by atoms with Crippen molar-refractivity contribution in [3.8, 4) is 0 Å². The van der Waals surface area contributed by atoms with Gasteiger partial charge in [0, 0.05) is 18.6 Å². The average Bonchev–Trinajstić information content (AvgIpc) is 2.94. The second-order valence-electron chi connectivity index (χ2n) is 7.11. The fraction of sp³-hybridized carbons (Fsp3) is 0.333. The van der Waals surface area contributed by atoms with Gasteiger partial charge < -0.3 is 9.47 Å². The molecular formula is C21H23ClFN3O. The topological polar surface area (TPSA) is 38.1 Å². The normalized spacial score (nSPS) is 11.3. The average molecular weight is 388 g/mol. The first-order valence-electron chi connectivity index (χ1n) is 9.01. The molecule has 0 bridgehead atoms. The van der Waals surface area contributed by atoms with Crippen LogP contribution < -0.4 is 0 Å². The molecule has 0 aliphatic heterocycles. The number of imidazole rings is 1. The van der Waals surface area contributed by atoms with Gasteiger partial charge >= 0.3 is 0 Å². The molecule has 2 aromatic carbocycles. The number of benzene rings is 2. The van der Waals surface area contributed by atoms with Crippen LogP contribution >= 0.6 is 11.6 Å². The molecule has 6 heteroatoms. The minimum absolute atomic E-state index is 0.0862. The maximum absolute atomic E-state index is 14.1. The highest BCUT2D eigenvalue weighted by Gasteiger charge is 2.21. The monoisotopic (exact) mass is 387 g/mol. The largest absolute Gasteiger partial charge is 0.331 e. The van der Waals surface area contributed by atoms with Crippen LogP contribution in [0.25, 0.3) is 11.0 Å². The van der Waals surface area contributed by atoms with E-state index in [-0.39, 0.29) is 11.5 Å². The van der Waals surface area contributed by atoms with Gasteiger partial charge in [-0.2, -0.15) is 0 Å². The molecule has 4 nitrogen and oxygen atoms in total. The quantitative estimate of drug-likeness (QED) is 0.593. The van der Waals surface area contributed by atoms with Gasteiger partial charge in [-0.1, -0.05) is 37.6 Å². The van der Waals surface area contributed by atoms with Crippen molar-refractivity contribution < 1.29 is 9.18 Å². The molecule has 0 radical (unpaired) electrons. The molecule has 0 saturated carbocycles. The van der Waals surface area contributed by atoms with E-state index in [0.29, 0.717) is 24.0 Å². The number of carbonyl (C=O) groups is 1. The number of carbonyl (C=O) groups excluding carboxylic acids is 1. The summed E-state index contributed by atoms with van der Waals surface area (Å²) in [7, 11) is 1.90. The molecule has 1 heterocycles. The molecule has 0 atom stereocenters. The predicted molar refractivity (Wildman–Crippen MR) is 106 cm³/mol. The second kappa shape index (κ2) is 8.09. The van der Waals surface area contributed by atoms with E-state index >= 15 is 0 Å². The molecule has 0 spiro atoms. The summed E-state index contributed by atoms with van der Waals surface area (Å²) >= 11 is 6.09. The molecule has 1 aromatic heterocycles. The van der Waals surface area contributed by atoms with Crippen molar-refractivity contribution in [3.05, 3.63) is 64.7 Å². The fourth-order valence-corrected chi connectivity index (χ4v) is 3.16. The summed E-state index contributed by atoms with van der Waals surface area (Å²) < 4.78 is 16.1. The van der Waals surface area contributed by atoms with E-state index in [1.54, 1.807) is 23.1 Å². The zero-order valence-electron chi connectivity index (χ0n) is 15.7. The Hall–Kier alpha value is -2.40. The van der Waals surface area contributed by atoms with Crippen LogP contribution in [0.15, 0.2) is 42.5 Å². The van der Waals surface area contributed by atoms with Crippen LogP contribution in [0.3, 0.4) is 0 Å².